The number of nitrogens with zero attached hydrogens (tertiary/aromatic N) is 2. The van der Waals surface area contributed by atoms with Crippen LogP contribution in [0.25, 0.3) is 27.7 Å². The molecule has 4 aliphatic rings. The summed E-state index contributed by atoms with van der Waals surface area (Å²) >= 11 is 0. The Bertz CT molecular complexity index is 1920. The average molecular weight is 640 g/mol. The van der Waals surface area contributed by atoms with Crippen LogP contribution in [0, 0.1) is 11.8 Å². The number of hydrogen-bond donors (Lipinski definition) is 5. The van der Waals surface area contributed by atoms with Gasteiger partial charge in [0.15, 0.2) is 11.4 Å². The standard InChI is InChI=1S/C36H37N3O8/c1-38(2)30-25-16-19-15-24-23(22-8-7-18(17-39-11-13-47-14-12-39)20-5-3-4-6-21(20)22)9-10-26(40)28(24)31(41)27(19)33(43)36(25,46)34(44)29(32(30)42)35(37)45/h3-10,19,25,30,40-41,44,46H,11-17H2,1-2H3,(H2,37,45)/t19-,25-,30?,36-/m1/s1. The SMILES string of the molecule is CN(C)C1C(=O)C(C(N)=O)=C(O)[C@]2(O)C(=O)C3=C(O)c4c(O)ccc(-c5ccc(CN6CCOCC6)c6ccccc56)c4C[C@@H]3C[C@H]12. The van der Waals surface area contributed by atoms with Gasteiger partial charge in [-0.15, -0.1) is 0 Å². The number of aliphatic hydroxyl groups excluding tert-OH is 2. The Kier molecular flexibility index (Phi) is 7.47. The summed E-state index contributed by atoms with van der Waals surface area (Å²) in [4.78, 5) is 43.7. The normalized spacial score (nSPS) is 26.4. The molecule has 1 amide bonds. The average Bonchev–Trinajstić information content (AvgIpc) is 3.03. The number of likely N-dealkylation sites (N-methyl/N-ethyl adjacent to an activating group) is 1. The maximum Gasteiger partial charge on any atom is 0.255 e. The van der Waals surface area contributed by atoms with E-state index in [1.807, 2.05) is 24.3 Å². The van der Waals surface area contributed by atoms with Crippen molar-refractivity contribution in [3.8, 4) is 16.9 Å². The first-order valence-corrected chi connectivity index (χ1v) is 15.8. The second kappa shape index (κ2) is 11.3. The molecule has 4 atom stereocenters. The van der Waals surface area contributed by atoms with Gasteiger partial charge in [-0.25, -0.2) is 0 Å². The van der Waals surface area contributed by atoms with Crippen LogP contribution in [0.2, 0.25) is 0 Å². The first-order valence-electron chi connectivity index (χ1n) is 15.8. The lowest BCUT2D eigenvalue weighted by Crippen LogP contribution is -2.65. The third-order valence-electron chi connectivity index (χ3n) is 10.4. The lowest BCUT2D eigenvalue weighted by atomic mass is 9.57. The molecule has 3 aromatic carbocycles. The zero-order chi connectivity index (χ0) is 33.4. The van der Waals surface area contributed by atoms with Crippen molar-refractivity contribution in [1.82, 2.24) is 9.80 Å². The molecule has 7 rings (SSSR count). The quantitative estimate of drug-likeness (QED) is 0.261. The number of amides is 1. The van der Waals surface area contributed by atoms with Gasteiger partial charge in [0.1, 0.15) is 22.8 Å². The summed E-state index contributed by atoms with van der Waals surface area (Å²) in [6.45, 7) is 3.86. The molecular weight excluding hydrogens is 602 g/mol. The topological polar surface area (TPSA) is 174 Å². The Morgan fingerprint density at radius 2 is 1.68 bits per heavy atom. The highest BCUT2D eigenvalue weighted by Crippen LogP contribution is 2.54. The van der Waals surface area contributed by atoms with Crippen molar-refractivity contribution in [3.63, 3.8) is 0 Å². The number of carbonyl (C=O) groups excluding carboxylic acids is 3. The molecule has 0 radical (unpaired) electrons. The summed E-state index contributed by atoms with van der Waals surface area (Å²) in [6, 6.07) is 14.4. The maximum absolute atomic E-state index is 14.2. The summed E-state index contributed by atoms with van der Waals surface area (Å²) in [5, 5.41) is 47.8. The van der Waals surface area contributed by atoms with Crippen molar-refractivity contribution in [3.05, 3.63) is 82.1 Å². The molecule has 1 aliphatic heterocycles. The fourth-order valence-corrected chi connectivity index (χ4v) is 8.23. The number of hydrogen-bond acceptors (Lipinski definition) is 10. The number of nitrogens with two attached hydrogens (primary N) is 1. The lowest BCUT2D eigenvalue weighted by molar-refractivity contribution is -0.153. The highest BCUT2D eigenvalue weighted by molar-refractivity contribution is 6.24. The van der Waals surface area contributed by atoms with Crippen LogP contribution in [0.15, 0.2) is 65.4 Å². The smallest absolute Gasteiger partial charge is 0.255 e. The molecule has 3 aliphatic carbocycles. The van der Waals surface area contributed by atoms with Crippen molar-refractivity contribution >= 4 is 34.0 Å². The second-order valence-corrected chi connectivity index (χ2v) is 13.2. The van der Waals surface area contributed by atoms with E-state index in [0.717, 1.165) is 41.5 Å². The molecule has 2 fully saturated rings. The molecule has 0 aromatic heterocycles. The Morgan fingerprint density at radius 1 is 1.00 bits per heavy atom. The molecule has 1 saturated carbocycles. The number of aromatic hydroxyl groups is 1. The van der Waals surface area contributed by atoms with E-state index in [1.54, 1.807) is 20.2 Å². The van der Waals surface area contributed by atoms with Crippen LogP contribution in [0.4, 0.5) is 0 Å². The highest BCUT2D eigenvalue weighted by atomic mass is 16.5. The van der Waals surface area contributed by atoms with E-state index in [0.29, 0.717) is 18.8 Å². The van der Waals surface area contributed by atoms with E-state index in [2.05, 4.69) is 17.0 Å². The maximum atomic E-state index is 14.2. The number of morpholine rings is 1. The van der Waals surface area contributed by atoms with Crippen LogP contribution in [0.1, 0.15) is 23.1 Å². The Labute approximate surface area is 271 Å². The molecule has 1 unspecified atom stereocenters. The Hall–Kier alpha value is -4.55. The number of ketones is 2. The summed E-state index contributed by atoms with van der Waals surface area (Å²) in [6.07, 6.45) is 0.238. The van der Waals surface area contributed by atoms with Gasteiger partial charge in [-0.05, 0) is 71.9 Å². The first kappa shape index (κ1) is 31.1. The van der Waals surface area contributed by atoms with E-state index < -0.39 is 58.0 Å². The van der Waals surface area contributed by atoms with E-state index >= 15 is 0 Å². The fourth-order valence-electron chi connectivity index (χ4n) is 8.23. The van der Waals surface area contributed by atoms with E-state index in [9.17, 15) is 34.8 Å². The number of carbonyl (C=O) groups is 3. The lowest BCUT2D eigenvalue weighted by Gasteiger charge is -2.50. The number of rotatable bonds is 5. The van der Waals surface area contributed by atoms with Crippen LogP contribution >= 0.6 is 0 Å². The van der Waals surface area contributed by atoms with Crippen molar-refractivity contribution in [2.45, 2.75) is 31.0 Å². The van der Waals surface area contributed by atoms with Crippen LogP contribution < -0.4 is 5.73 Å². The van der Waals surface area contributed by atoms with Crippen LogP contribution in [-0.4, -0.2) is 99.7 Å². The third kappa shape index (κ3) is 4.60. The predicted octanol–water partition coefficient (Wildman–Crippen LogP) is 2.62. The molecule has 47 heavy (non-hydrogen) atoms. The summed E-state index contributed by atoms with van der Waals surface area (Å²) < 4.78 is 5.52. The zero-order valence-electron chi connectivity index (χ0n) is 26.2. The van der Waals surface area contributed by atoms with Gasteiger partial charge in [0.05, 0.1) is 24.8 Å². The Balaban J connectivity index is 1.37. The summed E-state index contributed by atoms with van der Waals surface area (Å²) in [5.41, 5.74) is 5.27. The summed E-state index contributed by atoms with van der Waals surface area (Å²) in [5.74, 6) is -6.72. The van der Waals surface area contributed by atoms with Crippen molar-refractivity contribution in [1.29, 1.82) is 0 Å². The van der Waals surface area contributed by atoms with E-state index in [1.165, 1.54) is 16.5 Å². The van der Waals surface area contributed by atoms with Gasteiger partial charge < -0.3 is 30.9 Å². The number of fused-ring (bicyclic) bond motifs is 4. The number of ether oxygens (including phenoxy) is 1. The number of phenolic OH excluding ortho intramolecular Hbond substituents is 1. The monoisotopic (exact) mass is 639 g/mol. The molecule has 6 N–H and O–H groups in total. The van der Waals surface area contributed by atoms with Gasteiger partial charge in [0.25, 0.3) is 5.91 Å². The first-order chi connectivity index (χ1) is 22.4. The number of Topliss-reactive ketones (excluding diaryl/α,β-unsaturated/α-hetero) is 2. The predicted molar refractivity (Wildman–Crippen MR) is 173 cm³/mol. The minimum atomic E-state index is -2.68. The van der Waals surface area contributed by atoms with E-state index in [-0.39, 0.29) is 29.7 Å². The van der Waals surface area contributed by atoms with Gasteiger partial charge in [-0.3, -0.25) is 24.2 Å². The number of phenols is 1. The van der Waals surface area contributed by atoms with Crippen LogP contribution in [0.5, 0.6) is 5.75 Å². The van der Waals surface area contributed by atoms with Gasteiger partial charge in [0, 0.05) is 31.1 Å². The van der Waals surface area contributed by atoms with Crippen molar-refractivity contribution in [2.24, 2.45) is 17.6 Å². The Morgan fingerprint density at radius 3 is 2.36 bits per heavy atom. The minimum Gasteiger partial charge on any atom is -0.508 e. The van der Waals surface area contributed by atoms with Gasteiger partial charge >= 0.3 is 0 Å². The largest absolute Gasteiger partial charge is 0.508 e. The number of primary amides is 1. The van der Waals surface area contributed by atoms with Crippen molar-refractivity contribution in [2.75, 3.05) is 40.4 Å². The van der Waals surface area contributed by atoms with Crippen LogP contribution in [0.3, 0.4) is 0 Å². The second-order valence-electron chi connectivity index (χ2n) is 13.2. The van der Waals surface area contributed by atoms with Gasteiger partial charge in [0.2, 0.25) is 5.78 Å². The molecule has 0 bridgehead atoms. The molecule has 0 spiro atoms. The number of benzene rings is 3. The summed E-state index contributed by atoms with van der Waals surface area (Å²) in [7, 11) is 3.16. The zero-order valence-corrected chi connectivity index (χ0v) is 26.2. The molecule has 11 heteroatoms. The molecule has 244 valence electrons. The molecule has 11 nitrogen and oxygen atoms in total. The minimum absolute atomic E-state index is 0.0279. The van der Waals surface area contributed by atoms with E-state index in [4.69, 9.17) is 10.5 Å². The fraction of sp³-hybridized carbons (Fsp3) is 0.361. The molecule has 1 saturated heterocycles. The van der Waals surface area contributed by atoms with Gasteiger partial charge in [-0.2, -0.15) is 0 Å². The van der Waals surface area contributed by atoms with Crippen molar-refractivity contribution < 1.29 is 39.5 Å². The number of aliphatic hydroxyl groups is 3. The third-order valence-corrected chi connectivity index (χ3v) is 10.4. The molecular formula is C36H37N3O8. The highest BCUT2D eigenvalue weighted by Gasteiger charge is 2.64. The molecule has 1 heterocycles. The van der Waals surface area contributed by atoms with Gasteiger partial charge in [-0.1, -0.05) is 42.5 Å². The van der Waals surface area contributed by atoms with Crippen LogP contribution in [-0.2, 0) is 32.1 Å². The molecule has 3 aromatic rings.